The Labute approximate surface area is 123 Å². The molecule has 1 heterocycles. The van der Waals surface area contributed by atoms with Crippen LogP contribution in [0.15, 0.2) is 41.3 Å². The Morgan fingerprint density at radius 2 is 2.05 bits per heavy atom. The van der Waals surface area contributed by atoms with Crippen molar-refractivity contribution in [1.29, 1.82) is 0 Å². The van der Waals surface area contributed by atoms with Crippen molar-refractivity contribution in [3.63, 3.8) is 0 Å². The molecule has 110 valence electrons. The number of nitrogens with zero attached hydrogens (tertiary/aromatic N) is 1. The molecule has 0 bridgehead atoms. The Morgan fingerprint density at radius 3 is 2.76 bits per heavy atom. The molecule has 0 saturated heterocycles. The molecule has 0 aliphatic rings. The number of nitrogen functional groups attached to an aromatic ring is 1. The fourth-order valence-corrected chi connectivity index (χ4v) is 2.09. The van der Waals surface area contributed by atoms with Crippen LogP contribution in [0, 0.1) is 6.92 Å². The van der Waals surface area contributed by atoms with Gasteiger partial charge in [-0.05, 0) is 31.5 Å². The maximum absolute atomic E-state index is 12.3. The number of carbonyl (C=O) groups excluding carboxylic acids is 1. The lowest BCUT2D eigenvalue weighted by Crippen LogP contribution is -2.21. The lowest BCUT2D eigenvalue weighted by Gasteiger charge is -2.10. The van der Waals surface area contributed by atoms with E-state index in [2.05, 4.69) is 5.32 Å². The average molecular weight is 285 g/mol. The van der Waals surface area contributed by atoms with Crippen LogP contribution in [0.25, 0.3) is 0 Å². The van der Waals surface area contributed by atoms with Gasteiger partial charge in [-0.1, -0.05) is 18.6 Å². The summed E-state index contributed by atoms with van der Waals surface area (Å²) in [6.45, 7) is 4.51. The predicted octanol–water partition coefficient (Wildman–Crippen LogP) is 2.40. The first-order chi connectivity index (χ1) is 10.0. The van der Waals surface area contributed by atoms with Crippen molar-refractivity contribution in [1.82, 2.24) is 4.57 Å². The average Bonchev–Trinajstić information content (AvgIpc) is 2.45. The summed E-state index contributed by atoms with van der Waals surface area (Å²) >= 11 is 0. The first-order valence-electron chi connectivity index (χ1n) is 6.89. The van der Waals surface area contributed by atoms with Crippen LogP contribution in [-0.4, -0.2) is 10.5 Å². The molecule has 2 aromatic rings. The zero-order chi connectivity index (χ0) is 15.4. The van der Waals surface area contributed by atoms with Crippen molar-refractivity contribution >= 4 is 17.3 Å². The van der Waals surface area contributed by atoms with Gasteiger partial charge in [-0.25, -0.2) is 0 Å². The first-order valence-corrected chi connectivity index (χ1v) is 6.89. The van der Waals surface area contributed by atoms with E-state index in [1.165, 1.54) is 6.07 Å². The summed E-state index contributed by atoms with van der Waals surface area (Å²) in [7, 11) is 0. The van der Waals surface area contributed by atoms with Gasteiger partial charge < -0.3 is 15.6 Å². The van der Waals surface area contributed by atoms with E-state index in [1.54, 1.807) is 29.0 Å². The minimum absolute atomic E-state index is 0.0788. The van der Waals surface area contributed by atoms with E-state index < -0.39 is 0 Å². The summed E-state index contributed by atoms with van der Waals surface area (Å²) < 4.78 is 1.58. The first kappa shape index (κ1) is 14.8. The number of aromatic nitrogens is 1. The van der Waals surface area contributed by atoms with Gasteiger partial charge in [0.1, 0.15) is 0 Å². The van der Waals surface area contributed by atoms with Gasteiger partial charge in [0.25, 0.3) is 11.5 Å². The number of hydrogen-bond donors (Lipinski definition) is 2. The second-order valence-electron chi connectivity index (χ2n) is 4.99. The molecule has 5 nitrogen and oxygen atoms in total. The number of anilines is 2. The van der Waals surface area contributed by atoms with Crippen molar-refractivity contribution < 1.29 is 4.79 Å². The number of aryl methyl sites for hydroxylation is 2. The number of amides is 1. The fourth-order valence-electron chi connectivity index (χ4n) is 2.09. The number of rotatable bonds is 4. The van der Waals surface area contributed by atoms with Crippen LogP contribution in [0.3, 0.4) is 0 Å². The van der Waals surface area contributed by atoms with Crippen LogP contribution in [0.1, 0.15) is 29.3 Å². The van der Waals surface area contributed by atoms with Gasteiger partial charge in [0, 0.05) is 24.5 Å². The van der Waals surface area contributed by atoms with Gasteiger partial charge >= 0.3 is 0 Å². The van der Waals surface area contributed by atoms with Crippen LogP contribution in [0.2, 0.25) is 0 Å². The molecule has 0 radical (unpaired) electrons. The molecule has 1 amide bonds. The van der Waals surface area contributed by atoms with Gasteiger partial charge in [0.05, 0.1) is 11.3 Å². The van der Waals surface area contributed by atoms with Crippen LogP contribution < -0.4 is 16.6 Å². The van der Waals surface area contributed by atoms with Crippen LogP contribution in [0.4, 0.5) is 11.4 Å². The second-order valence-corrected chi connectivity index (χ2v) is 4.99. The lowest BCUT2D eigenvalue weighted by atomic mass is 10.1. The largest absolute Gasteiger partial charge is 0.398 e. The third-order valence-electron chi connectivity index (χ3n) is 3.16. The molecular formula is C16H19N3O2. The van der Waals surface area contributed by atoms with E-state index in [-0.39, 0.29) is 11.5 Å². The molecule has 0 aliphatic carbocycles. The highest BCUT2D eigenvalue weighted by atomic mass is 16.1. The van der Waals surface area contributed by atoms with Gasteiger partial charge in [0.2, 0.25) is 0 Å². The molecule has 21 heavy (non-hydrogen) atoms. The maximum Gasteiger partial charge on any atom is 0.257 e. The molecule has 0 spiro atoms. The summed E-state index contributed by atoms with van der Waals surface area (Å²) in [5.41, 5.74) is 8.16. The third-order valence-corrected chi connectivity index (χ3v) is 3.16. The predicted molar refractivity (Wildman–Crippen MR) is 84.5 cm³/mol. The molecule has 0 atom stereocenters. The van der Waals surface area contributed by atoms with E-state index in [9.17, 15) is 9.59 Å². The zero-order valence-corrected chi connectivity index (χ0v) is 12.2. The van der Waals surface area contributed by atoms with Gasteiger partial charge in [0.15, 0.2) is 0 Å². The highest BCUT2D eigenvalue weighted by Crippen LogP contribution is 2.16. The minimum atomic E-state index is -0.280. The van der Waals surface area contributed by atoms with E-state index in [4.69, 9.17) is 5.73 Å². The topological polar surface area (TPSA) is 77.1 Å². The fraction of sp³-hybridized carbons (Fsp3) is 0.250. The Hall–Kier alpha value is -2.56. The number of nitrogens with two attached hydrogens (primary N) is 1. The molecule has 2 rings (SSSR count). The Kier molecular flexibility index (Phi) is 4.42. The van der Waals surface area contributed by atoms with E-state index in [1.807, 2.05) is 19.9 Å². The number of benzene rings is 1. The van der Waals surface area contributed by atoms with E-state index in [0.717, 1.165) is 12.0 Å². The lowest BCUT2D eigenvalue weighted by molar-refractivity contribution is 0.102. The maximum atomic E-state index is 12.3. The van der Waals surface area contributed by atoms with Crippen LogP contribution >= 0.6 is 0 Å². The third kappa shape index (κ3) is 3.51. The summed E-state index contributed by atoms with van der Waals surface area (Å²) in [5.74, 6) is -0.280. The highest BCUT2D eigenvalue weighted by Gasteiger charge is 2.10. The van der Waals surface area contributed by atoms with E-state index >= 15 is 0 Å². The normalized spacial score (nSPS) is 10.4. The van der Waals surface area contributed by atoms with E-state index in [0.29, 0.717) is 23.5 Å². The molecule has 0 aliphatic heterocycles. The number of hydrogen-bond acceptors (Lipinski definition) is 3. The molecule has 3 N–H and O–H groups in total. The Balaban J connectivity index is 2.25. The van der Waals surface area contributed by atoms with Crippen molar-refractivity contribution in [2.75, 3.05) is 11.1 Å². The summed E-state index contributed by atoms with van der Waals surface area (Å²) in [6, 6.07) is 8.35. The molecule has 1 aromatic heterocycles. The molecule has 5 heteroatoms. The number of carbonyl (C=O) groups is 1. The molecule has 0 saturated carbocycles. The summed E-state index contributed by atoms with van der Waals surface area (Å²) in [6.07, 6.45) is 2.50. The second kappa shape index (κ2) is 6.26. The van der Waals surface area contributed by atoms with Crippen molar-refractivity contribution in [2.24, 2.45) is 0 Å². The number of pyridine rings is 1. The van der Waals surface area contributed by atoms with Gasteiger partial charge in [-0.3, -0.25) is 9.59 Å². The monoisotopic (exact) mass is 285 g/mol. The Morgan fingerprint density at radius 1 is 1.29 bits per heavy atom. The van der Waals surface area contributed by atoms with Crippen molar-refractivity contribution in [2.45, 2.75) is 26.8 Å². The SMILES string of the molecule is CCCn1cc(NC(=O)c2cc(C)ccc2N)ccc1=O. The quantitative estimate of drug-likeness (QED) is 0.847. The van der Waals surface area contributed by atoms with Crippen LogP contribution in [0.5, 0.6) is 0 Å². The minimum Gasteiger partial charge on any atom is -0.398 e. The van der Waals surface area contributed by atoms with Crippen LogP contribution in [-0.2, 0) is 6.54 Å². The highest BCUT2D eigenvalue weighted by molar-refractivity contribution is 6.07. The molecular weight excluding hydrogens is 266 g/mol. The smallest absolute Gasteiger partial charge is 0.257 e. The molecule has 0 unspecified atom stereocenters. The zero-order valence-electron chi connectivity index (χ0n) is 12.2. The summed E-state index contributed by atoms with van der Waals surface area (Å²) in [5, 5.41) is 2.77. The standard InChI is InChI=1S/C16H19N3O2/c1-3-8-19-10-12(5-7-15(19)20)18-16(21)13-9-11(2)4-6-14(13)17/h4-7,9-10H,3,8,17H2,1-2H3,(H,18,21). The molecule has 1 aromatic carbocycles. The molecule has 0 fully saturated rings. The van der Waals surface area contributed by atoms with Crippen molar-refractivity contribution in [3.8, 4) is 0 Å². The number of nitrogens with one attached hydrogen (secondary N) is 1. The summed E-state index contributed by atoms with van der Waals surface area (Å²) in [4.78, 5) is 23.9. The van der Waals surface area contributed by atoms with Gasteiger partial charge in [-0.2, -0.15) is 0 Å². The van der Waals surface area contributed by atoms with Crippen molar-refractivity contribution in [3.05, 3.63) is 58.0 Å². The Bertz CT molecular complexity index is 720. The van der Waals surface area contributed by atoms with Gasteiger partial charge in [-0.15, -0.1) is 0 Å².